The molecule has 1 aliphatic carbocycles. The monoisotopic (exact) mass is 393 g/mol. The number of carbonyl (C=O) groups excluding carboxylic acids is 2. The van der Waals surface area contributed by atoms with Gasteiger partial charge in [-0.15, -0.1) is 0 Å². The smallest absolute Gasteiger partial charge is 0.238 e. The van der Waals surface area contributed by atoms with Crippen LogP contribution in [0.4, 0.5) is 5.69 Å². The number of allylic oxidation sites excluding steroid dienone is 2. The third-order valence-electron chi connectivity index (χ3n) is 6.36. The lowest BCUT2D eigenvalue weighted by atomic mass is 9.68. The molecule has 2 amide bonds. The highest BCUT2D eigenvalue weighted by atomic mass is 16.2. The summed E-state index contributed by atoms with van der Waals surface area (Å²) in [6.45, 7) is 2.00. The van der Waals surface area contributed by atoms with Crippen molar-refractivity contribution in [2.45, 2.75) is 18.8 Å². The lowest BCUT2D eigenvalue weighted by molar-refractivity contribution is -0.122. The molecule has 1 heterocycles. The molecule has 1 saturated heterocycles. The molecule has 0 N–H and O–H groups in total. The van der Waals surface area contributed by atoms with E-state index in [4.69, 9.17) is 0 Å². The van der Waals surface area contributed by atoms with Crippen molar-refractivity contribution in [1.29, 1.82) is 0 Å². The highest BCUT2D eigenvalue weighted by molar-refractivity contribution is 6.23. The van der Waals surface area contributed by atoms with Crippen molar-refractivity contribution in [2.75, 3.05) is 4.90 Å². The summed E-state index contributed by atoms with van der Waals surface area (Å²) in [6, 6.07) is 27.7. The molecule has 0 saturated carbocycles. The van der Waals surface area contributed by atoms with Crippen LogP contribution in [0, 0.1) is 18.8 Å². The van der Waals surface area contributed by atoms with Gasteiger partial charge in [0.25, 0.3) is 0 Å². The molecule has 0 aromatic heterocycles. The molecule has 0 radical (unpaired) electrons. The number of fused-ring (bicyclic) bond motifs is 1. The van der Waals surface area contributed by atoms with E-state index in [1.54, 1.807) is 0 Å². The number of hydrogen-bond donors (Lipinski definition) is 0. The Bertz CT molecular complexity index is 1040. The first-order valence-electron chi connectivity index (χ1n) is 10.4. The van der Waals surface area contributed by atoms with Crippen molar-refractivity contribution < 1.29 is 9.59 Å². The molecule has 3 nitrogen and oxygen atoms in total. The first kappa shape index (κ1) is 18.6. The summed E-state index contributed by atoms with van der Waals surface area (Å²) in [4.78, 5) is 28.7. The minimum atomic E-state index is -0.406. The van der Waals surface area contributed by atoms with E-state index in [1.807, 2.05) is 91.9 Å². The molecule has 0 spiro atoms. The maximum Gasteiger partial charge on any atom is 0.238 e. The van der Waals surface area contributed by atoms with Crippen LogP contribution in [0.25, 0.3) is 0 Å². The van der Waals surface area contributed by atoms with Crippen molar-refractivity contribution in [2.24, 2.45) is 11.8 Å². The first-order valence-corrected chi connectivity index (χ1v) is 10.4. The molecule has 0 unspecified atom stereocenters. The van der Waals surface area contributed by atoms with Gasteiger partial charge in [0.15, 0.2) is 0 Å². The van der Waals surface area contributed by atoms with Crippen LogP contribution in [0.15, 0.2) is 97.1 Å². The second kappa shape index (κ2) is 7.42. The number of hydrogen-bond acceptors (Lipinski definition) is 2. The van der Waals surface area contributed by atoms with E-state index < -0.39 is 11.8 Å². The van der Waals surface area contributed by atoms with E-state index in [9.17, 15) is 9.59 Å². The Balaban J connectivity index is 1.63. The molecule has 148 valence electrons. The first-order chi connectivity index (χ1) is 14.6. The summed E-state index contributed by atoms with van der Waals surface area (Å²) in [5.74, 6) is -1.24. The van der Waals surface area contributed by atoms with Gasteiger partial charge in [-0.25, -0.2) is 4.90 Å². The van der Waals surface area contributed by atoms with Crippen molar-refractivity contribution in [3.05, 3.63) is 114 Å². The van der Waals surface area contributed by atoms with Crippen molar-refractivity contribution in [3.8, 4) is 0 Å². The number of nitrogens with zero attached hydrogens (tertiary/aromatic N) is 1. The van der Waals surface area contributed by atoms with Gasteiger partial charge in [-0.3, -0.25) is 9.59 Å². The fourth-order valence-electron chi connectivity index (χ4n) is 4.88. The summed E-state index contributed by atoms with van der Waals surface area (Å²) in [6.07, 6.45) is 4.25. The van der Waals surface area contributed by atoms with E-state index in [0.717, 1.165) is 16.7 Å². The Morgan fingerprint density at radius 1 is 0.600 bits per heavy atom. The predicted molar refractivity (Wildman–Crippen MR) is 118 cm³/mol. The number of anilines is 1. The standard InChI is InChI=1S/C27H23NO2/c1-18-12-14-21(15-13-18)28-26(29)24-22(19-8-4-2-5-9-19)16-17-23(25(24)27(28)30)20-10-6-3-7-11-20/h2-17,22-25H,1H3/t22-,23-,24+,25+/m0/s1. The van der Waals surface area contributed by atoms with Gasteiger partial charge in [0.2, 0.25) is 11.8 Å². The van der Waals surface area contributed by atoms with Gasteiger partial charge in [-0.05, 0) is 30.2 Å². The molecule has 3 heteroatoms. The van der Waals surface area contributed by atoms with E-state index in [0.29, 0.717) is 5.69 Å². The zero-order valence-electron chi connectivity index (χ0n) is 16.8. The summed E-state index contributed by atoms with van der Waals surface area (Å²) in [5.41, 5.74) is 3.90. The van der Waals surface area contributed by atoms with Crippen molar-refractivity contribution >= 4 is 17.5 Å². The maximum atomic E-state index is 13.7. The molecular formula is C27H23NO2. The molecule has 30 heavy (non-hydrogen) atoms. The van der Waals surface area contributed by atoms with Gasteiger partial charge in [0, 0.05) is 11.8 Å². The zero-order chi connectivity index (χ0) is 20.7. The quantitative estimate of drug-likeness (QED) is 0.451. The molecule has 3 aromatic rings. The number of carbonyl (C=O) groups is 2. The summed E-state index contributed by atoms with van der Waals surface area (Å²) in [7, 11) is 0. The highest BCUT2D eigenvalue weighted by Gasteiger charge is 2.55. The van der Waals surface area contributed by atoms with Gasteiger partial charge in [0.1, 0.15) is 0 Å². The molecule has 1 aliphatic heterocycles. The Labute approximate surface area is 176 Å². The fourth-order valence-corrected chi connectivity index (χ4v) is 4.88. The SMILES string of the molecule is Cc1ccc(N2C(=O)[C@H]3[C@H](C2=O)[C@H](c2ccccc2)C=C[C@H]3c2ccccc2)cc1. The summed E-state index contributed by atoms with van der Waals surface area (Å²) < 4.78 is 0. The van der Waals surface area contributed by atoms with Gasteiger partial charge < -0.3 is 0 Å². The molecule has 5 rings (SSSR count). The second-order valence-corrected chi connectivity index (χ2v) is 8.16. The van der Waals surface area contributed by atoms with Gasteiger partial charge in [-0.2, -0.15) is 0 Å². The van der Waals surface area contributed by atoms with Crippen LogP contribution in [-0.2, 0) is 9.59 Å². The molecule has 3 aromatic carbocycles. The van der Waals surface area contributed by atoms with E-state index in [-0.39, 0.29) is 23.7 Å². The Morgan fingerprint density at radius 3 is 1.47 bits per heavy atom. The van der Waals surface area contributed by atoms with Crippen LogP contribution in [0.1, 0.15) is 28.5 Å². The lowest BCUT2D eigenvalue weighted by Gasteiger charge is -2.32. The van der Waals surface area contributed by atoms with Crippen molar-refractivity contribution in [1.82, 2.24) is 0 Å². The zero-order valence-corrected chi connectivity index (χ0v) is 16.8. The van der Waals surface area contributed by atoms with Gasteiger partial charge in [0.05, 0.1) is 17.5 Å². The van der Waals surface area contributed by atoms with Crippen molar-refractivity contribution in [3.63, 3.8) is 0 Å². The van der Waals surface area contributed by atoms with Gasteiger partial charge >= 0.3 is 0 Å². The molecule has 0 bridgehead atoms. The van der Waals surface area contributed by atoms with E-state index >= 15 is 0 Å². The second-order valence-electron chi connectivity index (χ2n) is 8.16. The fraction of sp³-hybridized carbons (Fsp3) is 0.185. The predicted octanol–water partition coefficient (Wildman–Crippen LogP) is 5.24. The molecule has 1 fully saturated rings. The van der Waals surface area contributed by atoms with Crippen LogP contribution < -0.4 is 4.90 Å². The summed E-state index contributed by atoms with van der Waals surface area (Å²) >= 11 is 0. The largest absolute Gasteiger partial charge is 0.274 e. The summed E-state index contributed by atoms with van der Waals surface area (Å²) in [5, 5.41) is 0. The Hall–Kier alpha value is -3.46. The minimum Gasteiger partial charge on any atom is -0.274 e. The Kier molecular flexibility index (Phi) is 4.59. The van der Waals surface area contributed by atoms with Crippen LogP contribution in [-0.4, -0.2) is 11.8 Å². The number of benzene rings is 3. The number of imide groups is 1. The topological polar surface area (TPSA) is 37.4 Å². The molecule has 4 atom stereocenters. The minimum absolute atomic E-state index is 0.104. The third-order valence-corrected chi connectivity index (χ3v) is 6.36. The highest BCUT2D eigenvalue weighted by Crippen LogP contribution is 2.50. The normalized spacial score (nSPS) is 25.4. The average Bonchev–Trinajstić information content (AvgIpc) is 3.06. The number of aryl methyl sites for hydroxylation is 1. The van der Waals surface area contributed by atoms with E-state index in [1.165, 1.54) is 4.90 Å². The van der Waals surface area contributed by atoms with Crippen LogP contribution in [0.2, 0.25) is 0 Å². The van der Waals surface area contributed by atoms with E-state index in [2.05, 4.69) is 12.2 Å². The molecule has 2 aliphatic rings. The number of amides is 2. The Morgan fingerprint density at radius 2 is 1.03 bits per heavy atom. The third kappa shape index (κ3) is 2.98. The van der Waals surface area contributed by atoms with Crippen LogP contribution in [0.5, 0.6) is 0 Å². The average molecular weight is 393 g/mol. The van der Waals surface area contributed by atoms with Crippen LogP contribution >= 0.6 is 0 Å². The number of rotatable bonds is 3. The van der Waals surface area contributed by atoms with Crippen LogP contribution in [0.3, 0.4) is 0 Å². The molecular weight excluding hydrogens is 370 g/mol. The van der Waals surface area contributed by atoms with Gasteiger partial charge in [-0.1, -0.05) is 90.5 Å². The maximum absolute atomic E-state index is 13.7. The lowest BCUT2D eigenvalue weighted by Crippen LogP contribution is -2.31.